The van der Waals surface area contributed by atoms with Crippen LogP contribution >= 0.6 is 31.9 Å². The van der Waals surface area contributed by atoms with Gasteiger partial charge in [0.1, 0.15) is 11.4 Å². The second kappa shape index (κ2) is 6.58. The summed E-state index contributed by atoms with van der Waals surface area (Å²) < 4.78 is 1.28. The molecule has 8 heteroatoms. The van der Waals surface area contributed by atoms with Crippen LogP contribution in [-0.4, -0.2) is 27.2 Å². The summed E-state index contributed by atoms with van der Waals surface area (Å²) in [6.45, 7) is 0. The third-order valence-corrected chi connectivity index (χ3v) is 3.55. The maximum atomic E-state index is 11.6. The fourth-order valence-electron chi connectivity index (χ4n) is 1.29. The highest BCUT2D eigenvalue weighted by molar-refractivity contribution is 9.11. The number of aromatic nitrogens is 2. The first kappa shape index (κ1) is 14.6. The zero-order valence-corrected chi connectivity index (χ0v) is 13.1. The van der Waals surface area contributed by atoms with Crippen molar-refractivity contribution < 1.29 is 9.90 Å². The third-order valence-electron chi connectivity index (χ3n) is 2.23. The van der Waals surface area contributed by atoms with Gasteiger partial charge in [-0.1, -0.05) is 15.9 Å². The Morgan fingerprint density at radius 1 is 1.30 bits per heavy atom. The van der Waals surface area contributed by atoms with Crippen molar-refractivity contribution in [3.8, 4) is 5.75 Å². The van der Waals surface area contributed by atoms with E-state index in [4.69, 9.17) is 0 Å². The molecule has 1 aromatic carbocycles. The number of benzene rings is 1. The number of nitrogens with zero attached hydrogens (tertiary/aromatic N) is 3. The Kier molecular flexibility index (Phi) is 4.80. The normalized spacial score (nSPS) is 10.7. The first-order chi connectivity index (χ1) is 9.58. The van der Waals surface area contributed by atoms with Crippen LogP contribution in [0.25, 0.3) is 0 Å². The predicted octanol–water partition coefficient (Wildman–Crippen LogP) is 2.47. The minimum absolute atomic E-state index is 0.0786. The van der Waals surface area contributed by atoms with Gasteiger partial charge in [0.15, 0.2) is 0 Å². The molecule has 1 heterocycles. The van der Waals surface area contributed by atoms with Crippen molar-refractivity contribution in [1.82, 2.24) is 15.4 Å². The van der Waals surface area contributed by atoms with E-state index in [1.807, 2.05) is 0 Å². The number of carbonyl (C=O) groups is 1. The average Bonchev–Trinajstić information content (AvgIpc) is 2.45. The van der Waals surface area contributed by atoms with Gasteiger partial charge in [-0.15, -0.1) is 0 Å². The molecule has 0 fully saturated rings. The Labute approximate surface area is 131 Å². The lowest BCUT2D eigenvalue weighted by atomic mass is 10.2. The molecule has 0 saturated carbocycles. The van der Waals surface area contributed by atoms with Crippen molar-refractivity contribution in [2.24, 2.45) is 5.10 Å². The maximum absolute atomic E-state index is 11.6. The molecule has 2 N–H and O–H groups in total. The van der Waals surface area contributed by atoms with Gasteiger partial charge in [-0.25, -0.2) is 10.4 Å². The van der Waals surface area contributed by atoms with Crippen molar-refractivity contribution in [2.75, 3.05) is 0 Å². The minimum Gasteiger partial charge on any atom is -0.507 e. The summed E-state index contributed by atoms with van der Waals surface area (Å²) in [7, 11) is 0. The van der Waals surface area contributed by atoms with E-state index in [-0.39, 0.29) is 11.4 Å². The number of amides is 1. The van der Waals surface area contributed by atoms with Gasteiger partial charge in [-0.2, -0.15) is 5.10 Å². The van der Waals surface area contributed by atoms with Crippen LogP contribution in [-0.2, 0) is 0 Å². The SMILES string of the molecule is O=C(NN=Cc1cc(O)c(Br)cc1Br)c1cnccn1. The van der Waals surface area contributed by atoms with Gasteiger partial charge < -0.3 is 5.11 Å². The lowest BCUT2D eigenvalue weighted by molar-refractivity contribution is 0.0949. The van der Waals surface area contributed by atoms with E-state index in [1.54, 1.807) is 6.07 Å². The van der Waals surface area contributed by atoms with Gasteiger partial charge in [-0.3, -0.25) is 9.78 Å². The van der Waals surface area contributed by atoms with Gasteiger partial charge in [-0.05, 0) is 28.1 Å². The predicted molar refractivity (Wildman–Crippen MR) is 80.6 cm³/mol. The van der Waals surface area contributed by atoms with E-state index in [9.17, 15) is 9.90 Å². The number of phenolic OH excluding ortho intramolecular Hbond substituents is 1. The molecule has 0 spiro atoms. The summed E-state index contributed by atoms with van der Waals surface area (Å²) >= 11 is 6.52. The van der Waals surface area contributed by atoms with Crippen molar-refractivity contribution in [1.29, 1.82) is 0 Å². The van der Waals surface area contributed by atoms with Gasteiger partial charge >= 0.3 is 0 Å². The highest BCUT2D eigenvalue weighted by Crippen LogP contribution is 2.29. The molecule has 20 heavy (non-hydrogen) atoms. The minimum atomic E-state index is -0.466. The topological polar surface area (TPSA) is 87.5 Å². The van der Waals surface area contributed by atoms with E-state index in [1.165, 1.54) is 30.9 Å². The number of phenols is 1. The van der Waals surface area contributed by atoms with E-state index >= 15 is 0 Å². The van der Waals surface area contributed by atoms with Crippen LogP contribution in [0.4, 0.5) is 0 Å². The number of rotatable bonds is 3. The van der Waals surface area contributed by atoms with Crippen LogP contribution in [0.1, 0.15) is 16.1 Å². The fourth-order valence-corrected chi connectivity index (χ4v) is 2.38. The van der Waals surface area contributed by atoms with Crippen molar-refractivity contribution in [3.63, 3.8) is 0 Å². The molecule has 0 unspecified atom stereocenters. The van der Waals surface area contributed by atoms with Crippen LogP contribution in [0.15, 0.2) is 44.8 Å². The van der Waals surface area contributed by atoms with Crippen LogP contribution in [0.2, 0.25) is 0 Å². The Morgan fingerprint density at radius 2 is 2.10 bits per heavy atom. The molecule has 0 aliphatic heterocycles. The maximum Gasteiger partial charge on any atom is 0.291 e. The number of halogens is 2. The summed E-state index contributed by atoms with van der Waals surface area (Å²) in [4.78, 5) is 19.3. The quantitative estimate of drug-likeness (QED) is 0.613. The Bertz CT molecular complexity index is 662. The van der Waals surface area contributed by atoms with Gasteiger partial charge in [0.05, 0.1) is 16.9 Å². The molecular formula is C12H8Br2N4O2. The van der Waals surface area contributed by atoms with E-state index in [0.29, 0.717) is 10.0 Å². The summed E-state index contributed by atoms with van der Waals surface area (Å²) in [5.41, 5.74) is 3.11. The van der Waals surface area contributed by atoms with Crippen molar-refractivity contribution in [2.45, 2.75) is 0 Å². The number of aromatic hydroxyl groups is 1. The first-order valence-electron chi connectivity index (χ1n) is 5.35. The van der Waals surface area contributed by atoms with E-state index < -0.39 is 5.91 Å². The molecule has 2 aromatic rings. The fraction of sp³-hybridized carbons (Fsp3) is 0. The number of hydrogen-bond donors (Lipinski definition) is 2. The molecule has 1 aromatic heterocycles. The second-order valence-corrected chi connectivity index (χ2v) is 5.32. The molecule has 0 aliphatic rings. The number of hydrazone groups is 1. The van der Waals surface area contributed by atoms with E-state index in [0.717, 1.165) is 4.47 Å². The molecule has 1 amide bonds. The molecular weight excluding hydrogens is 392 g/mol. The molecule has 6 nitrogen and oxygen atoms in total. The zero-order valence-electron chi connectivity index (χ0n) is 9.92. The summed E-state index contributed by atoms with van der Waals surface area (Å²) in [6.07, 6.45) is 5.64. The van der Waals surface area contributed by atoms with Crippen LogP contribution in [0.5, 0.6) is 5.75 Å². The molecule has 0 bridgehead atoms. The number of hydrogen-bond acceptors (Lipinski definition) is 5. The second-order valence-electron chi connectivity index (χ2n) is 3.61. The Balaban J connectivity index is 2.08. The largest absolute Gasteiger partial charge is 0.507 e. The molecule has 102 valence electrons. The zero-order chi connectivity index (χ0) is 14.5. The third kappa shape index (κ3) is 3.61. The van der Waals surface area contributed by atoms with Crippen LogP contribution < -0.4 is 5.43 Å². The van der Waals surface area contributed by atoms with Crippen molar-refractivity contribution in [3.05, 3.63) is 50.9 Å². The highest BCUT2D eigenvalue weighted by atomic mass is 79.9. The van der Waals surface area contributed by atoms with Gasteiger partial charge in [0.2, 0.25) is 0 Å². The van der Waals surface area contributed by atoms with Crippen LogP contribution in [0, 0.1) is 0 Å². The van der Waals surface area contributed by atoms with E-state index in [2.05, 4.69) is 52.4 Å². The van der Waals surface area contributed by atoms with Crippen LogP contribution in [0.3, 0.4) is 0 Å². The first-order valence-corrected chi connectivity index (χ1v) is 6.94. The molecule has 0 atom stereocenters. The average molecular weight is 400 g/mol. The molecule has 0 saturated heterocycles. The molecule has 0 aliphatic carbocycles. The van der Waals surface area contributed by atoms with Gasteiger partial charge in [0.25, 0.3) is 5.91 Å². The lowest BCUT2D eigenvalue weighted by Gasteiger charge is -2.02. The summed E-state index contributed by atoms with van der Waals surface area (Å²) in [5.74, 6) is -0.387. The summed E-state index contributed by atoms with van der Waals surface area (Å²) in [5, 5.41) is 13.4. The van der Waals surface area contributed by atoms with Gasteiger partial charge in [0, 0.05) is 22.4 Å². The molecule has 2 rings (SSSR count). The smallest absolute Gasteiger partial charge is 0.291 e. The highest BCUT2D eigenvalue weighted by Gasteiger charge is 2.06. The van der Waals surface area contributed by atoms with Crippen molar-refractivity contribution >= 4 is 44.0 Å². The summed E-state index contributed by atoms with van der Waals surface area (Å²) in [6, 6.07) is 3.19. The number of carbonyl (C=O) groups excluding carboxylic acids is 1. The molecule has 0 radical (unpaired) electrons. The lowest BCUT2D eigenvalue weighted by Crippen LogP contribution is -2.19. The standard InChI is InChI=1S/C12H8Br2N4O2/c13-8-4-9(14)11(19)3-7(8)5-17-18-12(20)10-6-15-1-2-16-10/h1-6,19H,(H,18,20). The Hall–Kier alpha value is -1.80. The monoisotopic (exact) mass is 398 g/mol. The number of nitrogens with one attached hydrogen (secondary N) is 1. The Morgan fingerprint density at radius 3 is 2.80 bits per heavy atom.